The van der Waals surface area contributed by atoms with Crippen LogP contribution in [0, 0.1) is 11.3 Å². The normalized spacial score (nSPS) is 9.50. The van der Waals surface area contributed by atoms with Gasteiger partial charge in [0.15, 0.2) is 0 Å². The highest BCUT2D eigenvalue weighted by atomic mass is 35.5. The van der Waals surface area contributed by atoms with Crippen molar-refractivity contribution < 1.29 is 4.74 Å². The molecule has 3 nitrogen and oxygen atoms in total. The summed E-state index contributed by atoms with van der Waals surface area (Å²) in [5.41, 5.74) is 2.88. The van der Waals surface area contributed by atoms with Crippen molar-refractivity contribution in [1.82, 2.24) is 0 Å². The topological polar surface area (TPSA) is 45.0 Å². The number of rotatable bonds is 6. The molecule has 22 heavy (non-hydrogen) atoms. The van der Waals surface area contributed by atoms with Crippen LogP contribution in [0.25, 0.3) is 0 Å². The average Bonchev–Trinajstić information content (AvgIpc) is 2.52. The van der Waals surface area contributed by atoms with Gasteiger partial charge < -0.3 is 10.1 Å². The van der Waals surface area contributed by atoms with Gasteiger partial charge in [-0.15, -0.1) is 12.4 Å². The third-order valence-electron chi connectivity index (χ3n) is 3.15. The lowest BCUT2D eigenvalue weighted by atomic mass is 10.1. The van der Waals surface area contributed by atoms with Gasteiger partial charge in [-0.05, 0) is 42.7 Å². The van der Waals surface area contributed by atoms with Crippen LogP contribution in [0.15, 0.2) is 42.5 Å². The first-order valence-corrected chi connectivity index (χ1v) is 7.20. The lowest BCUT2D eigenvalue weighted by Gasteiger charge is -2.09. The number of ether oxygens (including phenoxy) is 1. The van der Waals surface area contributed by atoms with E-state index in [0.29, 0.717) is 22.9 Å². The molecule has 116 valence electrons. The molecule has 5 heteroatoms. The summed E-state index contributed by atoms with van der Waals surface area (Å²) in [5, 5.41) is 12.7. The van der Waals surface area contributed by atoms with Gasteiger partial charge in [0.2, 0.25) is 0 Å². The van der Waals surface area contributed by atoms with Crippen molar-refractivity contribution in [3.05, 3.63) is 58.6 Å². The van der Waals surface area contributed by atoms with Crippen LogP contribution in [0.1, 0.15) is 17.5 Å². The Labute approximate surface area is 142 Å². The van der Waals surface area contributed by atoms with E-state index in [1.165, 1.54) is 5.56 Å². The first-order chi connectivity index (χ1) is 10.2. The second kappa shape index (κ2) is 9.19. The molecule has 0 bridgehead atoms. The fourth-order valence-electron chi connectivity index (χ4n) is 2.05. The smallest absolute Gasteiger partial charge is 0.138 e. The van der Waals surface area contributed by atoms with Gasteiger partial charge in [-0.3, -0.25) is 0 Å². The SMILES string of the molecule is CNc1cccc(CCCOc2cc(Cl)ccc2C#N)c1.Cl. The highest BCUT2D eigenvalue weighted by molar-refractivity contribution is 6.30. The molecular weight excluding hydrogens is 319 g/mol. The van der Waals surface area contributed by atoms with Crippen LogP contribution in [-0.4, -0.2) is 13.7 Å². The summed E-state index contributed by atoms with van der Waals surface area (Å²) in [6.45, 7) is 0.554. The summed E-state index contributed by atoms with van der Waals surface area (Å²) in [7, 11) is 1.91. The van der Waals surface area contributed by atoms with Crippen molar-refractivity contribution in [2.75, 3.05) is 19.0 Å². The largest absolute Gasteiger partial charge is 0.492 e. The van der Waals surface area contributed by atoms with Crippen LogP contribution in [0.4, 0.5) is 5.69 Å². The standard InChI is InChI=1S/C17H17ClN2O.ClH/c1-20-16-6-2-4-13(10-16)5-3-9-21-17-11-15(18)8-7-14(17)12-19;/h2,4,6-8,10-11,20H,3,5,9H2,1H3;1H. The van der Waals surface area contributed by atoms with Gasteiger partial charge >= 0.3 is 0 Å². The first-order valence-electron chi connectivity index (χ1n) is 6.82. The van der Waals surface area contributed by atoms with Crippen LogP contribution in [0.2, 0.25) is 5.02 Å². The Bertz CT molecular complexity index is 653. The number of hydrogen-bond acceptors (Lipinski definition) is 3. The van der Waals surface area contributed by atoms with Crippen molar-refractivity contribution in [3.8, 4) is 11.8 Å². The summed E-state index contributed by atoms with van der Waals surface area (Å²) in [5.74, 6) is 0.550. The molecule has 2 rings (SSSR count). The minimum atomic E-state index is 0. The maximum absolute atomic E-state index is 9.02. The number of nitrogens with zero attached hydrogens (tertiary/aromatic N) is 1. The van der Waals surface area contributed by atoms with Gasteiger partial charge in [0, 0.05) is 23.8 Å². The number of hydrogen-bond donors (Lipinski definition) is 1. The zero-order chi connectivity index (χ0) is 15.1. The van der Waals surface area contributed by atoms with Gasteiger partial charge in [0.05, 0.1) is 12.2 Å². The van der Waals surface area contributed by atoms with E-state index in [1.54, 1.807) is 18.2 Å². The van der Waals surface area contributed by atoms with Crippen LogP contribution >= 0.6 is 24.0 Å². The number of nitriles is 1. The Morgan fingerprint density at radius 3 is 2.77 bits per heavy atom. The quantitative estimate of drug-likeness (QED) is 0.778. The molecule has 0 saturated carbocycles. The molecule has 0 radical (unpaired) electrons. The monoisotopic (exact) mass is 336 g/mol. The minimum Gasteiger partial charge on any atom is -0.492 e. The number of nitrogens with one attached hydrogen (secondary N) is 1. The second-order valence-electron chi connectivity index (χ2n) is 4.65. The van der Waals surface area contributed by atoms with Crippen molar-refractivity contribution in [3.63, 3.8) is 0 Å². The minimum absolute atomic E-state index is 0. The van der Waals surface area contributed by atoms with Crippen LogP contribution in [-0.2, 0) is 6.42 Å². The van der Waals surface area contributed by atoms with Gasteiger partial charge in [-0.25, -0.2) is 0 Å². The molecule has 1 N–H and O–H groups in total. The molecule has 2 aromatic rings. The van der Waals surface area contributed by atoms with Crippen molar-refractivity contribution in [2.45, 2.75) is 12.8 Å². The zero-order valence-electron chi connectivity index (χ0n) is 12.3. The molecule has 0 unspecified atom stereocenters. The van der Waals surface area contributed by atoms with Gasteiger partial charge in [0.25, 0.3) is 0 Å². The molecule has 0 aliphatic carbocycles. The van der Waals surface area contributed by atoms with Crippen molar-refractivity contribution in [1.29, 1.82) is 5.26 Å². The Morgan fingerprint density at radius 1 is 1.23 bits per heavy atom. The molecule has 0 amide bonds. The summed E-state index contributed by atoms with van der Waals surface area (Å²) in [4.78, 5) is 0. The summed E-state index contributed by atoms with van der Waals surface area (Å²) < 4.78 is 5.66. The maximum atomic E-state index is 9.02. The first kappa shape index (κ1) is 18.2. The molecule has 0 fully saturated rings. The van der Waals surface area contributed by atoms with Gasteiger partial charge in [-0.1, -0.05) is 23.7 Å². The van der Waals surface area contributed by atoms with Gasteiger partial charge in [0.1, 0.15) is 11.8 Å². The maximum Gasteiger partial charge on any atom is 0.138 e. The molecular formula is C17H18Cl2N2O. The molecule has 0 aliphatic rings. The predicted octanol–water partition coefficient (Wildman–Crippen LogP) is 4.69. The summed E-state index contributed by atoms with van der Waals surface area (Å²) in [6, 6.07) is 15.4. The predicted molar refractivity (Wildman–Crippen MR) is 93.2 cm³/mol. The van der Waals surface area contributed by atoms with Crippen LogP contribution < -0.4 is 10.1 Å². The molecule has 0 saturated heterocycles. The van der Waals surface area contributed by atoms with Crippen LogP contribution in [0.5, 0.6) is 5.75 Å². The van der Waals surface area contributed by atoms with Crippen molar-refractivity contribution >= 4 is 29.7 Å². The Hall–Kier alpha value is -1.89. The Kier molecular flexibility index (Phi) is 7.59. The summed E-state index contributed by atoms with van der Waals surface area (Å²) >= 11 is 5.92. The van der Waals surface area contributed by atoms with E-state index in [4.69, 9.17) is 21.6 Å². The van der Waals surface area contributed by atoms with Crippen molar-refractivity contribution in [2.24, 2.45) is 0 Å². The van der Waals surface area contributed by atoms with E-state index >= 15 is 0 Å². The Morgan fingerprint density at radius 2 is 2.05 bits per heavy atom. The molecule has 2 aromatic carbocycles. The second-order valence-corrected chi connectivity index (χ2v) is 5.09. The van der Waals surface area contributed by atoms with E-state index in [0.717, 1.165) is 18.5 Å². The lowest BCUT2D eigenvalue weighted by Crippen LogP contribution is -2.01. The molecule has 0 atom stereocenters. The number of benzene rings is 2. The third-order valence-corrected chi connectivity index (χ3v) is 3.38. The highest BCUT2D eigenvalue weighted by Gasteiger charge is 2.04. The molecule has 0 aromatic heterocycles. The Balaban J connectivity index is 0.00000242. The van der Waals surface area contributed by atoms with Gasteiger partial charge in [-0.2, -0.15) is 5.26 Å². The van der Waals surface area contributed by atoms with E-state index in [1.807, 2.05) is 19.2 Å². The van der Waals surface area contributed by atoms with Crippen LogP contribution in [0.3, 0.4) is 0 Å². The summed E-state index contributed by atoms with van der Waals surface area (Å²) in [6.07, 6.45) is 1.81. The molecule has 0 heterocycles. The number of aryl methyl sites for hydroxylation is 1. The van der Waals surface area contributed by atoms with E-state index < -0.39 is 0 Å². The van der Waals surface area contributed by atoms with E-state index in [-0.39, 0.29) is 12.4 Å². The van der Waals surface area contributed by atoms with E-state index in [2.05, 4.69) is 23.5 Å². The third kappa shape index (κ3) is 5.14. The molecule has 0 aliphatic heterocycles. The number of halogens is 2. The highest BCUT2D eigenvalue weighted by Crippen LogP contribution is 2.23. The fourth-order valence-corrected chi connectivity index (χ4v) is 2.21. The van der Waals surface area contributed by atoms with E-state index in [9.17, 15) is 0 Å². The number of anilines is 1. The molecule has 0 spiro atoms. The fraction of sp³-hybridized carbons (Fsp3) is 0.235. The lowest BCUT2D eigenvalue weighted by molar-refractivity contribution is 0.310. The average molecular weight is 337 g/mol. The zero-order valence-corrected chi connectivity index (χ0v) is 13.9.